The highest BCUT2D eigenvalue weighted by atomic mass is 16.5. The number of hydrogen-bond donors (Lipinski definition) is 0. The number of carbonyl (C=O) groups is 1. The van der Waals surface area contributed by atoms with Gasteiger partial charge in [0, 0.05) is 5.92 Å². The van der Waals surface area contributed by atoms with E-state index in [0.29, 0.717) is 11.8 Å². The van der Waals surface area contributed by atoms with Gasteiger partial charge in [0.15, 0.2) is 0 Å². The maximum atomic E-state index is 14.3. The Labute approximate surface area is 224 Å². The van der Waals surface area contributed by atoms with E-state index in [0.717, 1.165) is 50.7 Å². The van der Waals surface area contributed by atoms with Crippen LogP contribution in [0.5, 0.6) is 5.75 Å². The number of benzene rings is 2. The van der Waals surface area contributed by atoms with Gasteiger partial charge in [0.1, 0.15) is 11.9 Å². The summed E-state index contributed by atoms with van der Waals surface area (Å²) in [6.07, 6.45) is 8.38. The number of fused-ring (bicyclic) bond motifs is 3. The molecule has 0 radical (unpaired) electrons. The fraction of sp³-hybridized carbons (Fsp3) is 0.618. The van der Waals surface area contributed by atoms with E-state index in [4.69, 9.17) is 9.47 Å². The molecule has 3 aliphatic rings. The molecule has 0 N–H and O–H groups in total. The molecule has 0 aliphatic heterocycles. The molecule has 0 amide bonds. The third-order valence-corrected chi connectivity index (χ3v) is 10.8. The number of rotatable bonds is 5. The maximum absolute atomic E-state index is 14.3. The van der Waals surface area contributed by atoms with Crippen molar-refractivity contribution in [3.05, 3.63) is 65.2 Å². The van der Waals surface area contributed by atoms with Gasteiger partial charge in [-0.05, 0) is 96.9 Å². The molecule has 3 aliphatic carbocycles. The van der Waals surface area contributed by atoms with Crippen LogP contribution in [0.1, 0.15) is 96.3 Å². The summed E-state index contributed by atoms with van der Waals surface area (Å²) >= 11 is 0. The third kappa shape index (κ3) is 4.51. The van der Waals surface area contributed by atoms with Crippen LogP contribution in [-0.2, 0) is 26.8 Å². The van der Waals surface area contributed by atoms with Gasteiger partial charge < -0.3 is 9.47 Å². The van der Waals surface area contributed by atoms with Crippen molar-refractivity contribution in [1.29, 1.82) is 0 Å². The molecular formula is C34H46O3. The summed E-state index contributed by atoms with van der Waals surface area (Å²) in [6.45, 7) is 11.6. The molecule has 2 fully saturated rings. The van der Waals surface area contributed by atoms with Crippen LogP contribution in [0.15, 0.2) is 48.5 Å². The maximum Gasteiger partial charge on any atom is 0.312 e. The molecule has 2 saturated carbocycles. The second kappa shape index (κ2) is 9.79. The lowest BCUT2D eigenvalue weighted by Crippen LogP contribution is -2.54. The summed E-state index contributed by atoms with van der Waals surface area (Å²) in [5.74, 6) is 2.15. The van der Waals surface area contributed by atoms with Crippen LogP contribution in [0.4, 0.5) is 0 Å². The van der Waals surface area contributed by atoms with E-state index in [2.05, 4.69) is 83.1 Å². The van der Waals surface area contributed by atoms with E-state index in [1.165, 1.54) is 23.1 Å². The SMILES string of the molecule is COc1ccc2c(c1)[C@@]1(C)CCC[C@](C)(C(=O)O[C@@H]3C[C@H](C)CC[C@H]3C(C)(C)c3ccccc3)[C@@H]1CC2. The van der Waals surface area contributed by atoms with Gasteiger partial charge in [-0.25, -0.2) is 0 Å². The highest BCUT2D eigenvalue weighted by molar-refractivity contribution is 5.78. The zero-order valence-corrected chi connectivity index (χ0v) is 23.8. The summed E-state index contributed by atoms with van der Waals surface area (Å²) in [5.41, 5.74) is 3.60. The Morgan fingerprint density at radius 1 is 1.00 bits per heavy atom. The zero-order valence-electron chi connectivity index (χ0n) is 23.8. The normalized spacial score (nSPS) is 33.7. The summed E-state index contributed by atoms with van der Waals surface area (Å²) in [7, 11) is 1.74. The van der Waals surface area contributed by atoms with Crippen LogP contribution in [-0.4, -0.2) is 19.2 Å². The number of carbonyl (C=O) groups excluding carboxylic acids is 1. The number of methoxy groups -OCH3 is 1. The van der Waals surface area contributed by atoms with Crippen molar-refractivity contribution in [2.45, 2.75) is 103 Å². The molecule has 2 aromatic carbocycles. The minimum atomic E-state index is -0.462. The molecule has 3 nitrogen and oxygen atoms in total. The van der Waals surface area contributed by atoms with E-state index >= 15 is 0 Å². The second-order valence-electron chi connectivity index (χ2n) is 13.4. The van der Waals surface area contributed by atoms with Crippen LogP contribution in [0.3, 0.4) is 0 Å². The fourth-order valence-corrected chi connectivity index (χ4v) is 8.45. The van der Waals surface area contributed by atoms with Crippen molar-refractivity contribution in [2.75, 3.05) is 7.11 Å². The lowest BCUT2D eigenvalue weighted by Gasteiger charge is -2.54. The predicted octanol–water partition coefficient (Wildman–Crippen LogP) is 8.03. The first-order chi connectivity index (χ1) is 17.6. The Kier molecular flexibility index (Phi) is 6.96. The van der Waals surface area contributed by atoms with E-state index in [1.54, 1.807) is 7.11 Å². The van der Waals surface area contributed by atoms with Gasteiger partial charge in [-0.2, -0.15) is 0 Å². The van der Waals surface area contributed by atoms with Gasteiger partial charge in [0.25, 0.3) is 0 Å². The smallest absolute Gasteiger partial charge is 0.312 e. The second-order valence-corrected chi connectivity index (χ2v) is 13.4. The lowest BCUT2D eigenvalue weighted by molar-refractivity contribution is -0.177. The van der Waals surface area contributed by atoms with Gasteiger partial charge in [-0.3, -0.25) is 4.79 Å². The topological polar surface area (TPSA) is 35.5 Å². The first-order valence-electron chi connectivity index (χ1n) is 14.5. The van der Waals surface area contributed by atoms with Crippen molar-refractivity contribution < 1.29 is 14.3 Å². The molecule has 0 unspecified atom stereocenters. The standard InChI is InChI=1S/C34H46O3/c1-23-13-17-27(32(2,3)25-11-8-7-9-12-25)29(21-23)37-31(35)34(5)20-10-19-33(4)28-22-26(36-6)16-14-24(28)15-18-30(33)34/h7-9,11-12,14,16,22-23,27,29-30H,10,13,15,17-21H2,1-6H3/t23-,27-,29-,30-,33-,34+/m1/s1. The van der Waals surface area contributed by atoms with Gasteiger partial charge >= 0.3 is 5.97 Å². The molecule has 5 rings (SSSR count). The summed E-state index contributed by atoms with van der Waals surface area (Å²) in [6, 6.07) is 17.4. The Morgan fingerprint density at radius 3 is 2.49 bits per heavy atom. The molecule has 3 heteroatoms. The first kappa shape index (κ1) is 26.3. The van der Waals surface area contributed by atoms with Crippen LogP contribution < -0.4 is 4.74 Å². The Hall–Kier alpha value is -2.29. The largest absolute Gasteiger partial charge is 0.497 e. The molecule has 0 spiro atoms. The van der Waals surface area contributed by atoms with Crippen LogP contribution in [0, 0.1) is 23.2 Å². The van der Waals surface area contributed by atoms with Crippen LogP contribution in [0.25, 0.3) is 0 Å². The van der Waals surface area contributed by atoms with Crippen molar-refractivity contribution >= 4 is 5.97 Å². The zero-order chi connectivity index (χ0) is 26.4. The molecule has 6 atom stereocenters. The highest BCUT2D eigenvalue weighted by Crippen LogP contribution is 2.58. The summed E-state index contributed by atoms with van der Waals surface area (Å²) in [4.78, 5) is 14.3. The molecule has 0 saturated heterocycles. The Bertz CT molecular complexity index is 1120. The van der Waals surface area contributed by atoms with Crippen molar-refractivity contribution in [3.63, 3.8) is 0 Å². The monoisotopic (exact) mass is 502 g/mol. The Balaban J connectivity index is 1.43. The average Bonchev–Trinajstić information content (AvgIpc) is 2.89. The molecule has 2 aromatic rings. The molecular weight excluding hydrogens is 456 g/mol. The molecule has 37 heavy (non-hydrogen) atoms. The van der Waals surface area contributed by atoms with Gasteiger partial charge in [0.05, 0.1) is 12.5 Å². The van der Waals surface area contributed by atoms with Crippen LogP contribution >= 0.6 is 0 Å². The lowest BCUT2D eigenvalue weighted by atomic mass is 9.50. The number of ether oxygens (including phenoxy) is 2. The minimum absolute atomic E-state index is 0.0310. The highest BCUT2D eigenvalue weighted by Gasteiger charge is 2.56. The summed E-state index contributed by atoms with van der Waals surface area (Å²) in [5, 5.41) is 0. The fourth-order valence-electron chi connectivity index (χ4n) is 8.45. The average molecular weight is 503 g/mol. The van der Waals surface area contributed by atoms with Crippen molar-refractivity contribution in [3.8, 4) is 5.75 Å². The van der Waals surface area contributed by atoms with Gasteiger partial charge in [0.2, 0.25) is 0 Å². The van der Waals surface area contributed by atoms with E-state index in [9.17, 15) is 4.79 Å². The Morgan fingerprint density at radius 2 is 1.76 bits per heavy atom. The van der Waals surface area contributed by atoms with Crippen molar-refractivity contribution in [1.82, 2.24) is 0 Å². The number of hydrogen-bond acceptors (Lipinski definition) is 3. The molecule has 0 aromatic heterocycles. The van der Waals surface area contributed by atoms with Gasteiger partial charge in [-0.15, -0.1) is 0 Å². The first-order valence-corrected chi connectivity index (χ1v) is 14.5. The van der Waals surface area contributed by atoms with Gasteiger partial charge in [-0.1, -0.05) is 76.9 Å². The minimum Gasteiger partial charge on any atom is -0.497 e. The third-order valence-electron chi connectivity index (χ3n) is 10.8. The van der Waals surface area contributed by atoms with Crippen LogP contribution in [0.2, 0.25) is 0 Å². The van der Waals surface area contributed by atoms with E-state index in [1.807, 2.05) is 0 Å². The van der Waals surface area contributed by atoms with E-state index < -0.39 is 5.41 Å². The number of aryl methyl sites for hydroxylation is 1. The predicted molar refractivity (Wildman–Crippen MR) is 150 cm³/mol. The van der Waals surface area contributed by atoms with E-state index in [-0.39, 0.29) is 28.8 Å². The molecule has 0 heterocycles. The van der Waals surface area contributed by atoms with Crippen molar-refractivity contribution in [2.24, 2.45) is 23.2 Å². The molecule has 0 bridgehead atoms. The summed E-state index contributed by atoms with van der Waals surface area (Å²) < 4.78 is 12.3. The number of esters is 1. The quantitative estimate of drug-likeness (QED) is 0.388. The molecule has 200 valence electrons.